The van der Waals surface area contributed by atoms with Crippen molar-refractivity contribution >= 4 is 17.3 Å². The number of aliphatic carboxylic acids is 1. The molecule has 1 aliphatic rings. The molecule has 1 aromatic carbocycles. The van der Waals surface area contributed by atoms with Crippen LogP contribution in [0.25, 0.3) is 10.4 Å². The Morgan fingerprint density at radius 2 is 2.05 bits per heavy atom. The Morgan fingerprint density at radius 1 is 1.27 bits per heavy atom. The normalized spacial score (nSPS) is 22.6. The molecule has 0 unspecified atom stereocenters. The van der Waals surface area contributed by atoms with E-state index in [0.29, 0.717) is 0 Å². The molecule has 22 heavy (non-hydrogen) atoms. The van der Waals surface area contributed by atoms with E-state index in [0.717, 1.165) is 25.9 Å². The molecule has 3 rings (SSSR count). The van der Waals surface area contributed by atoms with E-state index >= 15 is 0 Å². The second-order valence-corrected chi connectivity index (χ2v) is 7.10. The fourth-order valence-electron chi connectivity index (χ4n) is 3.19. The first-order valence-corrected chi connectivity index (χ1v) is 8.58. The third kappa shape index (κ3) is 3.23. The molecule has 0 radical (unpaired) electrons. The first-order valence-electron chi connectivity index (χ1n) is 7.76. The summed E-state index contributed by atoms with van der Waals surface area (Å²) in [6, 6.07) is 14.8. The minimum absolute atomic E-state index is 0.105. The van der Waals surface area contributed by atoms with E-state index in [1.807, 2.05) is 13.0 Å². The van der Waals surface area contributed by atoms with Gasteiger partial charge in [0.15, 0.2) is 0 Å². The molecule has 116 valence electrons. The molecule has 3 nitrogen and oxygen atoms in total. The van der Waals surface area contributed by atoms with E-state index in [-0.39, 0.29) is 12.0 Å². The molecule has 0 saturated carbocycles. The number of carboxylic acid groups (broad SMARTS) is 1. The van der Waals surface area contributed by atoms with Gasteiger partial charge in [-0.1, -0.05) is 30.3 Å². The Morgan fingerprint density at radius 3 is 2.77 bits per heavy atom. The molecule has 2 heterocycles. The molecule has 0 bridgehead atoms. The summed E-state index contributed by atoms with van der Waals surface area (Å²) in [7, 11) is 0. The van der Waals surface area contributed by atoms with Crippen LogP contribution in [0.5, 0.6) is 0 Å². The molecular weight excluding hydrogens is 294 g/mol. The number of carbonyl (C=O) groups is 1. The van der Waals surface area contributed by atoms with Gasteiger partial charge in [0.1, 0.15) is 0 Å². The third-order valence-electron chi connectivity index (χ3n) is 4.51. The molecule has 2 atom stereocenters. The Kier molecular flexibility index (Phi) is 4.60. The van der Waals surface area contributed by atoms with Crippen molar-refractivity contribution in [2.45, 2.75) is 32.4 Å². The van der Waals surface area contributed by atoms with Crippen molar-refractivity contribution in [1.29, 1.82) is 0 Å². The molecule has 1 saturated heterocycles. The van der Waals surface area contributed by atoms with Gasteiger partial charge < -0.3 is 5.11 Å². The van der Waals surface area contributed by atoms with Gasteiger partial charge >= 0.3 is 5.97 Å². The average Bonchev–Trinajstić information content (AvgIpc) is 2.98. The molecule has 0 aliphatic carbocycles. The lowest BCUT2D eigenvalue weighted by atomic mass is 9.90. The van der Waals surface area contributed by atoms with Crippen molar-refractivity contribution in [2.24, 2.45) is 5.92 Å². The van der Waals surface area contributed by atoms with Crippen molar-refractivity contribution < 1.29 is 9.90 Å². The minimum atomic E-state index is -0.659. The number of hydrogen-bond donors (Lipinski definition) is 1. The zero-order valence-corrected chi connectivity index (χ0v) is 13.6. The topological polar surface area (TPSA) is 40.5 Å². The largest absolute Gasteiger partial charge is 0.481 e. The highest BCUT2D eigenvalue weighted by Crippen LogP contribution is 2.31. The van der Waals surface area contributed by atoms with Crippen LogP contribution < -0.4 is 0 Å². The summed E-state index contributed by atoms with van der Waals surface area (Å²) in [5, 5.41) is 9.32. The zero-order chi connectivity index (χ0) is 15.5. The first-order chi connectivity index (χ1) is 10.6. The van der Waals surface area contributed by atoms with Gasteiger partial charge in [-0.05, 0) is 44.0 Å². The van der Waals surface area contributed by atoms with E-state index in [9.17, 15) is 9.90 Å². The van der Waals surface area contributed by atoms with Crippen molar-refractivity contribution in [3.8, 4) is 10.4 Å². The van der Waals surface area contributed by atoms with Crippen LogP contribution in [0.4, 0.5) is 0 Å². The number of likely N-dealkylation sites (tertiary alicyclic amines) is 1. The Bertz CT molecular complexity index is 638. The van der Waals surface area contributed by atoms with Crippen LogP contribution in [-0.4, -0.2) is 28.6 Å². The minimum Gasteiger partial charge on any atom is -0.481 e. The van der Waals surface area contributed by atoms with Crippen molar-refractivity contribution in [1.82, 2.24) is 4.90 Å². The van der Waals surface area contributed by atoms with E-state index < -0.39 is 5.97 Å². The van der Waals surface area contributed by atoms with Crippen molar-refractivity contribution in [3.63, 3.8) is 0 Å². The van der Waals surface area contributed by atoms with Crippen LogP contribution in [0.1, 0.15) is 24.6 Å². The number of hydrogen-bond acceptors (Lipinski definition) is 3. The van der Waals surface area contributed by atoms with Gasteiger partial charge in [0.2, 0.25) is 0 Å². The number of rotatable bonds is 4. The monoisotopic (exact) mass is 315 g/mol. The van der Waals surface area contributed by atoms with Crippen LogP contribution >= 0.6 is 11.3 Å². The number of benzene rings is 1. The summed E-state index contributed by atoms with van der Waals surface area (Å²) in [6.45, 7) is 3.88. The number of thiophene rings is 1. The van der Waals surface area contributed by atoms with Crippen molar-refractivity contribution in [3.05, 3.63) is 47.3 Å². The van der Waals surface area contributed by atoms with E-state index in [4.69, 9.17) is 0 Å². The molecule has 0 spiro atoms. The standard InChI is InChI=1S/C18H21NO2S/c1-13-16(18(20)21)8-5-11-19(13)12-15-9-10-17(22-15)14-6-3-2-4-7-14/h2-4,6-7,9-10,13,16H,5,8,11-12H2,1H3,(H,20,21)/t13-,16-/m1/s1. The average molecular weight is 315 g/mol. The zero-order valence-electron chi connectivity index (χ0n) is 12.7. The molecule has 1 N–H and O–H groups in total. The molecule has 0 amide bonds. The molecule has 1 aliphatic heterocycles. The van der Waals surface area contributed by atoms with Gasteiger partial charge in [-0.2, -0.15) is 0 Å². The number of nitrogens with zero attached hydrogens (tertiary/aromatic N) is 1. The summed E-state index contributed by atoms with van der Waals surface area (Å²) >= 11 is 1.80. The Labute approximate surface area is 135 Å². The maximum absolute atomic E-state index is 11.3. The second kappa shape index (κ2) is 6.63. The fraction of sp³-hybridized carbons (Fsp3) is 0.389. The fourth-order valence-corrected chi connectivity index (χ4v) is 4.23. The van der Waals surface area contributed by atoms with E-state index in [1.165, 1.54) is 15.3 Å². The van der Waals surface area contributed by atoms with Crippen LogP contribution in [0, 0.1) is 5.92 Å². The van der Waals surface area contributed by atoms with Gasteiger partial charge in [0.05, 0.1) is 5.92 Å². The highest BCUT2D eigenvalue weighted by molar-refractivity contribution is 7.15. The summed E-state index contributed by atoms with van der Waals surface area (Å²) in [4.78, 5) is 16.2. The summed E-state index contributed by atoms with van der Waals surface area (Å²) in [6.07, 6.45) is 1.77. The van der Waals surface area contributed by atoms with Gasteiger partial charge in [0.25, 0.3) is 0 Å². The lowest BCUT2D eigenvalue weighted by Gasteiger charge is -2.37. The second-order valence-electron chi connectivity index (χ2n) is 5.93. The number of piperidine rings is 1. The molecular formula is C18H21NO2S. The maximum Gasteiger partial charge on any atom is 0.308 e. The van der Waals surface area contributed by atoms with Crippen LogP contribution in [0.15, 0.2) is 42.5 Å². The van der Waals surface area contributed by atoms with Gasteiger partial charge in [0, 0.05) is 22.3 Å². The van der Waals surface area contributed by atoms with Crippen LogP contribution in [0.3, 0.4) is 0 Å². The predicted octanol–water partition coefficient (Wildman–Crippen LogP) is 4.10. The van der Waals surface area contributed by atoms with Crippen molar-refractivity contribution in [2.75, 3.05) is 6.54 Å². The Balaban J connectivity index is 1.71. The molecule has 1 aromatic heterocycles. The SMILES string of the molecule is C[C@@H]1[C@H](C(=O)O)CCCN1Cc1ccc(-c2ccccc2)s1. The summed E-state index contributed by atoms with van der Waals surface area (Å²) < 4.78 is 0. The predicted molar refractivity (Wildman–Crippen MR) is 90.0 cm³/mol. The third-order valence-corrected chi connectivity index (χ3v) is 5.63. The van der Waals surface area contributed by atoms with E-state index in [2.05, 4.69) is 41.3 Å². The summed E-state index contributed by atoms with van der Waals surface area (Å²) in [5.74, 6) is -0.893. The van der Waals surface area contributed by atoms with Gasteiger partial charge in [-0.15, -0.1) is 11.3 Å². The lowest BCUT2D eigenvalue weighted by Crippen LogP contribution is -2.45. The lowest BCUT2D eigenvalue weighted by molar-refractivity contribution is -0.145. The quantitative estimate of drug-likeness (QED) is 0.923. The van der Waals surface area contributed by atoms with Crippen LogP contribution in [-0.2, 0) is 11.3 Å². The highest BCUT2D eigenvalue weighted by atomic mass is 32.1. The van der Waals surface area contributed by atoms with Crippen LogP contribution in [0.2, 0.25) is 0 Å². The first kappa shape index (κ1) is 15.3. The Hall–Kier alpha value is -1.65. The highest BCUT2D eigenvalue weighted by Gasteiger charge is 2.32. The molecule has 2 aromatic rings. The van der Waals surface area contributed by atoms with Gasteiger partial charge in [-0.25, -0.2) is 0 Å². The molecule has 1 fully saturated rings. The van der Waals surface area contributed by atoms with E-state index in [1.54, 1.807) is 11.3 Å². The molecule has 4 heteroatoms. The summed E-state index contributed by atoms with van der Waals surface area (Å²) in [5.41, 5.74) is 1.24. The number of carboxylic acids is 1. The van der Waals surface area contributed by atoms with Gasteiger partial charge in [-0.3, -0.25) is 9.69 Å². The maximum atomic E-state index is 11.3. The smallest absolute Gasteiger partial charge is 0.308 e.